The molecular weight excluding hydrogens is 208 g/mol. The second kappa shape index (κ2) is 5.48. The fraction of sp³-hybridized carbons (Fsp3) is 0.364. The predicted molar refractivity (Wildman–Crippen MR) is 60.2 cm³/mol. The lowest BCUT2D eigenvalue weighted by Gasteiger charge is -2.14. The summed E-state index contributed by atoms with van der Waals surface area (Å²) in [5, 5.41) is 8.66. The minimum atomic E-state index is -1.04. The quantitative estimate of drug-likeness (QED) is 0.676. The Kier molecular flexibility index (Phi) is 4.28. The van der Waals surface area contributed by atoms with E-state index in [2.05, 4.69) is 0 Å². The van der Waals surface area contributed by atoms with Crippen molar-refractivity contribution in [2.75, 3.05) is 7.11 Å². The third kappa shape index (κ3) is 3.22. The number of ether oxygens (including phenoxy) is 1. The fourth-order valence-electron chi connectivity index (χ4n) is 1.36. The highest BCUT2D eigenvalue weighted by Gasteiger charge is 2.16. The molecule has 5 N–H and O–H groups in total. The van der Waals surface area contributed by atoms with Gasteiger partial charge in [-0.15, -0.1) is 0 Å². The Bertz CT molecular complexity index is 351. The minimum Gasteiger partial charge on any atom is -0.497 e. The number of nitrogens with two attached hydrogens (primary N) is 2. The van der Waals surface area contributed by atoms with Gasteiger partial charge in [0.25, 0.3) is 0 Å². The zero-order chi connectivity index (χ0) is 12.1. The van der Waals surface area contributed by atoms with Crippen LogP contribution in [0, 0.1) is 0 Å². The number of carboxylic acids is 1. The highest BCUT2D eigenvalue weighted by Crippen LogP contribution is 2.18. The van der Waals surface area contributed by atoms with E-state index in [1.54, 1.807) is 31.4 Å². The molecule has 0 saturated heterocycles. The van der Waals surface area contributed by atoms with Crippen molar-refractivity contribution in [1.82, 2.24) is 0 Å². The summed E-state index contributed by atoms with van der Waals surface area (Å²) in [6, 6.07) is 5.85. The molecule has 0 aliphatic heterocycles. The first kappa shape index (κ1) is 12.5. The molecule has 2 atom stereocenters. The van der Waals surface area contributed by atoms with Crippen LogP contribution in [0.15, 0.2) is 24.3 Å². The van der Waals surface area contributed by atoms with Crippen molar-refractivity contribution in [2.24, 2.45) is 11.5 Å². The van der Waals surface area contributed by atoms with Crippen LogP contribution >= 0.6 is 0 Å². The van der Waals surface area contributed by atoms with Crippen LogP contribution in [0.1, 0.15) is 18.0 Å². The second-order valence-electron chi connectivity index (χ2n) is 3.56. The Morgan fingerprint density at radius 3 is 2.38 bits per heavy atom. The first-order valence-electron chi connectivity index (χ1n) is 4.92. The number of benzene rings is 1. The Balaban J connectivity index is 2.65. The van der Waals surface area contributed by atoms with E-state index in [-0.39, 0.29) is 12.5 Å². The second-order valence-corrected chi connectivity index (χ2v) is 3.56. The van der Waals surface area contributed by atoms with E-state index in [1.165, 1.54) is 0 Å². The molecule has 0 bridgehead atoms. The van der Waals surface area contributed by atoms with E-state index in [4.69, 9.17) is 21.3 Å². The van der Waals surface area contributed by atoms with Crippen LogP contribution in [0.3, 0.4) is 0 Å². The zero-order valence-electron chi connectivity index (χ0n) is 9.09. The van der Waals surface area contributed by atoms with Crippen molar-refractivity contribution in [3.63, 3.8) is 0 Å². The number of methoxy groups -OCH3 is 1. The SMILES string of the molecule is COc1ccc(C(N)CC(N)C(=O)O)cc1. The molecule has 1 aromatic carbocycles. The number of hydrogen-bond acceptors (Lipinski definition) is 4. The Morgan fingerprint density at radius 1 is 1.38 bits per heavy atom. The average molecular weight is 224 g/mol. The molecule has 0 radical (unpaired) electrons. The zero-order valence-corrected chi connectivity index (χ0v) is 9.09. The lowest BCUT2D eigenvalue weighted by atomic mass is 10.0. The highest BCUT2D eigenvalue weighted by atomic mass is 16.5. The van der Waals surface area contributed by atoms with Gasteiger partial charge in [-0.3, -0.25) is 4.79 Å². The molecule has 0 saturated carbocycles. The van der Waals surface area contributed by atoms with Gasteiger partial charge >= 0.3 is 5.97 Å². The van der Waals surface area contributed by atoms with Crippen LogP contribution in [0.4, 0.5) is 0 Å². The summed E-state index contributed by atoms with van der Waals surface area (Å²) in [6.07, 6.45) is 0.210. The normalized spacial score (nSPS) is 14.2. The third-order valence-corrected chi connectivity index (χ3v) is 2.37. The molecule has 5 nitrogen and oxygen atoms in total. The molecule has 0 aliphatic carbocycles. The molecule has 0 fully saturated rings. The van der Waals surface area contributed by atoms with Crippen LogP contribution in [-0.4, -0.2) is 24.2 Å². The van der Waals surface area contributed by atoms with Gasteiger partial charge < -0.3 is 21.3 Å². The molecule has 1 rings (SSSR count). The number of rotatable bonds is 5. The molecule has 0 amide bonds. The van der Waals surface area contributed by atoms with E-state index >= 15 is 0 Å². The highest BCUT2D eigenvalue weighted by molar-refractivity contribution is 5.73. The van der Waals surface area contributed by atoms with Crippen LogP contribution in [-0.2, 0) is 4.79 Å². The number of carbonyl (C=O) groups is 1. The van der Waals surface area contributed by atoms with Gasteiger partial charge in [0.15, 0.2) is 0 Å². The molecule has 1 aromatic rings. The van der Waals surface area contributed by atoms with E-state index < -0.39 is 12.0 Å². The summed E-state index contributed by atoms with van der Waals surface area (Å²) in [5.41, 5.74) is 12.1. The number of carboxylic acid groups (broad SMARTS) is 1. The molecule has 2 unspecified atom stereocenters. The minimum absolute atomic E-state index is 0.210. The Hall–Kier alpha value is -1.59. The summed E-state index contributed by atoms with van der Waals surface area (Å²) in [4.78, 5) is 10.6. The Morgan fingerprint density at radius 2 is 1.94 bits per heavy atom. The topological polar surface area (TPSA) is 98.6 Å². The molecule has 0 spiro atoms. The maximum atomic E-state index is 10.6. The maximum absolute atomic E-state index is 10.6. The van der Waals surface area contributed by atoms with E-state index in [1.807, 2.05) is 0 Å². The number of aliphatic carboxylic acids is 1. The molecular formula is C11H16N2O3. The van der Waals surface area contributed by atoms with Crippen molar-refractivity contribution in [2.45, 2.75) is 18.5 Å². The van der Waals surface area contributed by atoms with Crippen LogP contribution in [0.5, 0.6) is 5.75 Å². The van der Waals surface area contributed by atoms with Gasteiger partial charge in [-0.05, 0) is 24.1 Å². The van der Waals surface area contributed by atoms with Crippen molar-refractivity contribution in [3.05, 3.63) is 29.8 Å². The summed E-state index contributed by atoms with van der Waals surface area (Å²) in [7, 11) is 1.58. The first-order chi connectivity index (χ1) is 7.54. The predicted octanol–water partition coefficient (Wildman–Crippen LogP) is 0.497. The molecule has 16 heavy (non-hydrogen) atoms. The average Bonchev–Trinajstić information content (AvgIpc) is 2.28. The van der Waals surface area contributed by atoms with Crippen LogP contribution in [0.2, 0.25) is 0 Å². The van der Waals surface area contributed by atoms with Crippen LogP contribution in [0.25, 0.3) is 0 Å². The van der Waals surface area contributed by atoms with Crippen LogP contribution < -0.4 is 16.2 Å². The van der Waals surface area contributed by atoms with E-state index in [9.17, 15) is 4.79 Å². The van der Waals surface area contributed by atoms with Gasteiger partial charge in [-0.2, -0.15) is 0 Å². The smallest absolute Gasteiger partial charge is 0.320 e. The standard InChI is InChI=1S/C11H16N2O3/c1-16-8-4-2-7(3-5-8)9(12)6-10(13)11(14)15/h2-5,9-10H,6,12-13H2,1H3,(H,14,15). The molecule has 0 heterocycles. The summed E-state index contributed by atoms with van der Waals surface area (Å²) in [5.74, 6) is -0.303. The Labute approximate surface area is 94.0 Å². The molecule has 5 heteroatoms. The molecule has 88 valence electrons. The summed E-state index contributed by atoms with van der Waals surface area (Å²) >= 11 is 0. The van der Waals surface area contributed by atoms with Crippen molar-refractivity contribution >= 4 is 5.97 Å². The fourth-order valence-corrected chi connectivity index (χ4v) is 1.36. The van der Waals surface area contributed by atoms with Gasteiger partial charge in [-0.1, -0.05) is 12.1 Å². The lowest BCUT2D eigenvalue weighted by molar-refractivity contribution is -0.138. The van der Waals surface area contributed by atoms with Crippen molar-refractivity contribution < 1.29 is 14.6 Å². The molecule has 0 aliphatic rings. The maximum Gasteiger partial charge on any atom is 0.320 e. The summed E-state index contributed by atoms with van der Waals surface area (Å²) in [6.45, 7) is 0. The molecule has 0 aromatic heterocycles. The largest absolute Gasteiger partial charge is 0.497 e. The summed E-state index contributed by atoms with van der Waals surface area (Å²) < 4.78 is 5.01. The van der Waals surface area contributed by atoms with E-state index in [0.29, 0.717) is 0 Å². The van der Waals surface area contributed by atoms with Gasteiger partial charge in [0.05, 0.1) is 7.11 Å². The third-order valence-electron chi connectivity index (χ3n) is 2.37. The van der Waals surface area contributed by atoms with Gasteiger partial charge in [-0.25, -0.2) is 0 Å². The van der Waals surface area contributed by atoms with Crippen molar-refractivity contribution in [3.8, 4) is 5.75 Å². The monoisotopic (exact) mass is 224 g/mol. The van der Waals surface area contributed by atoms with E-state index in [0.717, 1.165) is 11.3 Å². The first-order valence-corrected chi connectivity index (χ1v) is 4.92. The van der Waals surface area contributed by atoms with Gasteiger partial charge in [0.1, 0.15) is 11.8 Å². The van der Waals surface area contributed by atoms with Gasteiger partial charge in [0, 0.05) is 6.04 Å². The van der Waals surface area contributed by atoms with Gasteiger partial charge in [0.2, 0.25) is 0 Å². The lowest BCUT2D eigenvalue weighted by Crippen LogP contribution is -2.33. The van der Waals surface area contributed by atoms with Crippen molar-refractivity contribution in [1.29, 1.82) is 0 Å². The number of hydrogen-bond donors (Lipinski definition) is 3.